The van der Waals surface area contributed by atoms with Gasteiger partial charge in [0, 0.05) is 22.5 Å². The maximum atomic E-state index is 12.4. The Morgan fingerprint density at radius 1 is 1.00 bits per heavy atom. The molecular weight excluding hydrogens is 344 g/mol. The molecule has 0 saturated carbocycles. The predicted octanol–water partition coefficient (Wildman–Crippen LogP) is 2.33. The highest BCUT2D eigenvalue weighted by Crippen LogP contribution is 2.14. The molecule has 2 heterocycles. The number of fused-ring (bicyclic) bond motifs is 2. The number of pyridine rings is 1. The Hall–Kier alpha value is -4.00. The first-order chi connectivity index (χ1) is 13.1. The molecule has 4 aromatic rings. The molecule has 0 fully saturated rings. The average Bonchev–Trinajstić information content (AvgIpc) is 2.70. The van der Waals surface area contributed by atoms with Gasteiger partial charge in [0.1, 0.15) is 11.1 Å². The summed E-state index contributed by atoms with van der Waals surface area (Å²) in [6, 6.07) is 17.6. The van der Waals surface area contributed by atoms with Gasteiger partial charge in [-0.15, -0.1) is 5.10 Å². The first kappa shape index (κ1) is 16.5. The molecule has 0 aliphatic carbocycles. The van der Waals surface area contributed by atoms with E-state index in [1.54, 1.807) is 48.7 Å². The molecule has 4 rings (SSSR count). The number of rotatable bonds is 3. The van der Waals surface area contributed by atoms with Crippen LogP contribution in [0.15, 0.2) is 76.4 Å². The van der Waals surface area contributed by atoms with E-state index in [1.807, 2.05) is 18.2 Å². The summed E-state index contributed by atoms with van der Waals surface area (Å²) in [7, 11) is 0. The molecule has 2 amide bonds. The molecule has 0 unspecified atom stereocenters. The molecule has 27 heavy (non-hydrogen) atoms. The van der Waals surface area contributed by atoms with Crippen molar-refractivity contribution >= 4 is 33.7 Å². The van der Waals surface area contributed by atoms with Crippen molar-refractivity contribution in [1.82, 2.24) is 10.4 Å². The van der Waals surface area contributed by atoms with Gasteiger partial charge in [-0.1, -0.05) is 30.3 Å². The van der Waals surface area contributed by atoms with E-state index in [0.717, 1.165) is 5.39 Å². The number of aromatic nitrogens is 1. The lowest BCUT2D eigenvalue weighted by Crippen LogP contribution is -2.27. The molecule has 0 atom stereocenters. The van der Waals surface area contributed by atoms with E-state index < -0.39 is 11.8 Å². The van der Waals surface area contributed by atoms with Gasteiger partial charge in [0.05, 0.1) is 5.52 Å². The summed E-state index contributed by atoms with van der Waals surface area (Å²) in [5.74, 6) is -1.16. The average molecular weight is 358 g/mol. The molecule has 0 radical (unpaired) electrons. The molecule has 7 nitrogen and oxygen atoms in total. The summed E-state index contributed by atoms with van der Waals surface area (Å²) in [4.78, 5) is 28.3. The Morgan fingerprint density at radius 3 is 2.67 bits per heavy atom. The molecule has 3 N–H and O–H groups in total. The fourth-order valence-electron chi connectivity index (χ4n) is 2.70. The normalized spacial score (nSPS) is 11.6. The molecular formula is C20H14N4O3. The van der Waals surface area contributed by atoms with E-state index in [-0.39, 0.29) is 11.1 Å². The van der Waals surface area contributed by atoms with E-state index >= 15 is 0 Å². The van der Waals surface area contributed by atoms with Crippen molar-refractivity contribution < 1.29 is 14.0 Å². The van der Waals surface area contributed by atoms with Gasteiger partial charge in [-0.2, -0.15) is 0 Å². The highest BCUT2D eigenvalue weighted by atomic mass is 16.3. The Balaban J connectivity index is 1.71. The van der Waals surface area contributed by atoms with Crippen LogP contribution >= 0.6 is 0 Å². The first-order valence-corrected chi connectivity index (χ1v) is 8.13. The zero-order valence-electron chi connectivity index (χ0n) is 14.0. The predicted molar refractivity (Wildman–Crippen MR) is 99.5 cm³/mol. The van der Waals surface area contributed by atoms with E-state index in [2.05, 4.69) is 15.5 Å². The van der Waals surface area contributed by atoms with E-state index in [1.165, 1.54) is 0 Å². The Bertz CT molecular complexity index is 1260. The fraction of sp³-hybridized carbons (Fsp3) is 0. The number of hydrogen-bond acceptors (Lipinski definition) is 5. The van der Waals surface area contributed by atoms with Crippen LogP contribution in [0.5, 0.6) is 0 Å². The summed E-state index contributed by atoms with van der Waals surface area (Å²) < 4.78 is 5.62. The number of nitrogens with two attached hydrogens (primary N) is 1. The second-order valence-electron chi connectivity index (χ2n) is 5.83. The lowest BCUT2D eigenvalue weighted by Gasteiger charge is -2.03. The van der Waals surface area contributed by atoms with Crippen molar-refractivity contribution in [3.63, 3.8) is 0 Å². The number of nitrogens with one attached hydrogen (secondary N) is 1. The van der Waals surface area contributed by atoms with Crippen molar-refractivity contribution in [3.05, 3.63) is 83.5 Å². The minimum absolute atomic E-state index is 0.0616. The van der Waals surface area contributed by atoms with Crippen LogP contribution in [0.25, 0.3) is 21.9 Å². The number of benzene rings is 2. The Kier molecular flexibility index (Phi) is 4.10. The fourth-order valence-corrected chi connectivity index (χ4v) is 2.70. The quantitative estimate of drug-likeness (QED) is 0.548. The van der Waals surface area contributed by atoms with E-state index in [9.17, 15) is 9.59 Å². The number of carbonyl (C=O) groups is 2. The SMILES string of the molecule is NC(=O)c1cc2ccccc2o/c1=N/NC(=O)c1ccc2cccnc2c1. The summed E-state index contributed by atoms with van der Waals surface area (Å²) >= 11 is 0. The topological polar surface area (TPSA) is 111 Å². The van der Waals surface area contributed by atoms with Crippen molar-refractivity contribution in [2.24, 2.45) is 10.8 Å². The standard InChI is InChI=1S/C20H14N4O3/c21-18(25)15-10-13-4-1-2-6-17(13)27-20(15)24-23-19(26)14-8-7-12-5-3-9-22-16(12)11-14/h1-11H,(H2,21,25)(H,23,26)/b24-20+. The number of para-hydroxylation sites is 1. The van der Waals surface area contributed by atoms with Gasteiger partial charge >= 0.3 is 0 Å². The third-order valence-electron chi connectivity index (χ3n) is 4.05. The van der Waals surface area contributed by atoms with Crippen LogP contribution in [0.2, 0.25) is 0 Å². The minimum Gasteiger partial charge on any atom is -0.436 e. The number of nitrogens with zero attached hydrogens (tertiary/aromatic N) is 2. The molecule has 0 aliphatic rings. The number of hydrogen-bond donors (Lipinski definition) is 2. The van der Waals surface area contributed by atoms with Crippen molar-refractivity contribution in [2.45, 2.75) is 0 Å². The third kappa shape index (κ3) is 3.25. The zero-order chi connectivity index (χ0) is 18.8. The van der Waals surface area contributed by atoms with E-state index in [4.69, 9.17) is 10.2 Å². The minimum atomic E-state index is -0.701. The van der Waals surface area contributed by atoms with Gasteiger partial charge in [-0.05, 0) is 30.3 Å². The van der Waals surface area contributed by atoms with Crippen molar-refractivity contribution in [1.29, 1.82) is 0 Å². The maximum Gasteiger partial charge on any atom is 0.271 e. The zero-order valence-corrected chi connectivity index (χ0v) is 14.0. The lowest BCUT2D eigenvalue weighted by atomic mass is 10.1. The molecule has 0 aliphatic heterocycles. The second kappa shape index (κ2) is 6.72. The monoisotopic (exact) mass is 358 g/mol. The number of amides is 2. The summed E-state index contributed by atoms with van der Waals surface area (Å²) in [6.07, 6.45) is 1.65. The first-order valence-electron chi connectivity index (χ1n) is 8.13. The lowest BCUT2D eigenvalue weighted by molar-refractivity contribution is 0.0946. The molecule has 2 aromatic carbocycles. The molecule has 132 valence electrons. The summed E-state index contributed by atoms with van der Waals surface area (Å²) in [5.41, 5.74) is 9.41. The number of primary amides is 1. The third-order valence-corrected chi connectivity index (χ3v) is 4.05. The molecule has 2 aromatic heterocycles. The molecule has 0 bridgehead atoms. The van der Waals surface area contributed by atoms with Crippen LogP contribution in [-0.2, 0) is 0 Å². The maximum absolute atomic E-state index is 12.4. The van der Waals surface area contributed by atoms with Crippen molar-refractivity contribution in [2.75, 3.05) is 0 Å². The van der Waals surface area contributed by atoms with Crippen LogP contribution in [0.1, 0.15) is 20.7 Å². The largest absolute Gasteiger partial charge is 0.436 e. The van der Waals surface area contributed by atoms with Crippen LogP contribution in [0, 0.1) is 0 Å². The van der Waals surface area contributed by atoms with Crippen LogP contribution in [0.4, 0.5) is 0 Å². The van der Waals surface area contributed by atoms with Gasteiger partial charge in [-0.3, -0.25) is 14.6 Å². The number of carbonyl (C=O) groups excluding carboxylic acids is 2. The molecule has 0 spiro atoms. The summed E-state index contributed by atoms with van der Waals surface area (Å²) in [6.45, 7) is 0. The van der Waals surface area contributed by atoms with Gasteiger partial charge < -0.3 is 10.2 Å². The molecule has 0 saturated heterocycles. The van der Waals surface area contributed by atoms with Gasteiger partial charge in [-0.25, -0.2) is 5.43 Å². The molecule has 7 heteroatoms. The van der Waals surface area contributed by atoms with Crippen LogP contribution < -0.4 is 16.7 Å². The second-order valence-corrected chi connectivity index (χ2v) is 5.83. The van der Waals surface area contributed by atoms with E-state index in [0.29, 0.717) is 22.0 Å². The Labute approximate surface area is 153 Å². The van der Waals surface area contributed by atoms with Crippen molar-refractivity contribution in [3.8, 4) is 0 Å². The summed E-state index contributed by atoms with van der Waals surface area (Å²) in [5, 5.41) is 5.57. The highest BCUT2D eigenvalue weighted by Gasteiger charge is 2.10. The van der Waals surface area contributed by atoms with Gasteiger partial charge in [0.15, 0.2) is 0 Å². The van der Waals surface area contributed by atoms with Gasteiger partial charge in [0.2, 0.25) is 5.55 Å². The highest BCUT2D eigenvalue weighted by molar-refractivity contribution is 5.98. The van der Waals surface area contributed by atoms with Crippen LogP contribution in [-0.4, -0.2) is 16.8 Å². The smallest absolute Gasteiger partial charge is 0.271 e. The van der Waals surface area contributed by atoms with Crippen LogP contribution in [0.3, 0.4) is 0 Å². The Morgan fingerprint density at radius 2 is 1.81 bits per heavy atom. The van der Waals surface area contributed by atoms with Gasteiger partial charge in [0.25, 0.3) is 11.8 Å².